The van der Waals surface area contributed by atoms with E-state index in [-0.39, 0.29) is 30.5 Å². The first-order chi connectivity index (χ1) is 9.43. The van der Waals surface area contributed by atoms with E-state index in [1.54, 1.807) is 13.8 Å². The topological polar surface area (TPSA) is 72.4 Å². The van der Waals surface area contributed by atoms with Crippen LogP contribution >= 0.6 is 65.8 Å². The van der Waals surface area contributed by atoms with Gasteiger partial charge in [0.25, 0.3) is 0 Å². The fourth-order valence-corrected chi connectivity index (χ4v) is 3.78. The van der Waals surface area contributed by atoms with Crippen molar-refractivity contribution in [2.24, 2.45) is 5.41 Å². The molecule has 0 aliphatic rings. The van der Waals surface area contributed by atoms with E-state index in [1.165, 1.54) is 0 Å². The molecule has 0 radical (unpaired) electrons. The maximum atomic E-state index is 11.2. The van der Waals surface area contributed by atoms with Crippen LogP contribution in [-0.4, -0.2) is 34.0 Å². The molecule has 0 aromatic heterocycles. The molecule has 128 valence electrons. The van der Waals surface area contributed by atoms with E-state index in [4.69, 9.17) is 62.5 Å². The summed E-state index contributed by atoms with van der Waals surface area (Å²) >= 11 is 29.4. The van der Waals surface area contributed by atoms with Crippen LogP contribution in [0.25, 0.3) is 0 Å². The zero-order valence-corrected chi connectivity index (χ0v) is 16.3. The number of phosphoric ester groups is 1. The SMILES string of the molecule is CC(C)(CCl)C(CC(Cl)CCl)(CC(Cl)CCl)OP(=O)([O-])[O-]. The first kappa shape index (κ1) is 22.6. The molecule has 0 N–H and O–H groups in total. The molecule has 10 heteroatoms. The number of rotatable bonds is 10. The highest BCUT2D eigenvalue weighted by atomic mass is 35.5. The van der Waals surface area contributed by atoms with Crippen molar-refractivity contribution < 1.29 is 18.9 Å². The Morgan fingerprint density at radius 3 is 1.67 bits per heavy atom. The summed E-state index contributed by atoms with van der Waals surface area (Å²) in [5.74, 6) is 0.145. The molecular formula is C11H18Cl5O4P-2. The van der Waals surface area contributed by atoms with Crippen molar-refractivity contribution in [1.29, 1.82) is 0 Å². The smallest absolute Gasteiger partial charge is 0.0825 e. The number of halogens is 5. The Balaban J connectivity index is 5.75. The van der Waals surface area contributed by atoms with E-state index in [9.17, 15) is 14.4 Å². The summed E-state index contributed by atoms with van der Waals surface area (Å²) in [4.78, 5) is 22.4. The van der Waals surface area contributed by atoms with Crippen LogP contribution in [0.3, 0.4) is 0 Å². The summed E-state index contributed by atoms with van der Waals surface area (Å²) in [6, 6.07) is 0. The molecule has 0 spiro atoms. The molecule has 4 nitrogen and oxygen atoms in total. The van der Waals surface area contributed by atoms with Gasteiger partial charge in [0.05, 0.1) is 13.4 Å². The van der Waals surface area contributed by atoms with Gasteiger partial charge in [0.15, 0.2) is 0 Å². The third kappa shape index (κ3) is 7.32. The average Bonchev–Trinajstić information content (AvgIpc) is 2.35. The van der Waals surface area contributed by atoms with E-state index < -0.39 is 29.6 Å². The molecule has 0 aromatic rings. The van der Waals surface area contributed by atoms with Gasteiger partial charge < -0.3 is 18.9 Å². The molecule has 0 aliphatic carbocycles. The van der Waals surface area contributed by atoms with Gasteiger partial charge in [0.2, 0.25) is 0 Å². The fourth-order valence-electron chi connectivity index (χ4n) is 1.99. The maximum Gasteiger partial charge on any atom is 0.0825 e. The zero-order chi connectivity index (χ0) is 16.9. The van der Waals surface area contributed by atoms with Gasteiger partial charge in [-0.3, -0.25) is 0 Å². The molecule has 0 fully saturated rings. The van der Waals surface area contributed by atoms with Crippen molar-refractivity contribution in [1.82, 2.24) is 0 Å². The lowest BCUT2D eigenvalue weighted by Gasteiger charge is -2.51. The lowest BCUT2D eigenvalue weighted by Crippen LogP contribution is -2.52. The third-order valence-corrected chi connectivity index (χ3v) is 6.21. The van der Waals surface area contributed by atoms with Gasteiger partial charge in [-0.2, -0.15) is 0 Å². The van der Waals surface area contributed by atoms with Crippen LogP contribution in [0.4, 0.5) is 0 Å². The van der Waals surface area contributed by atoms with Gasteiger partial charge in [-0.25, -0.2) is 0 Å². The Hall–Kier alpha value is 1.56. The van der Waals surface area contributed by atoms with Gasteiger partial charge in [0.1, 0.15) is 0 Å². The predicted molar refractivity (Wildman–Crippen MR) is 85.9 cm³/mol. The minimum atomic E-state index is -5.29. The molecule has 2 atom stereocenters. The van der Waals surface area contributed by atoms with Crippen LogP contribution in [0, 0.1) is 5.41 Å². The normalized spacial score (nSPS) is 19.1. The van der Waals surface area contributed by atoms with Crippen molar-refractivity contribution in [2.75, 3.05) is 17.6 Å². The van der Waals surface area contributed by atoms with Gasteiger partial charge >= 0.3 is 0 Å². The molecule has 0 bridgehead atoms. The minimum absolute atomic E-state index is 0.00630. The Morgan fingerprint density at radius 2 is 1.43 bits per heavy atom. The highest BCUT2D eigenvalue weighted by Gasteiger charge is 2.48. The zero-order valence-electron chi connectivity index (χ0n) is 11.7. The largest absolute Gasteiger partial charge is 0.790 e. The first-order valence-electron chi connectivity index (χ1n) is 6.12. The summed E-state index contributed by atoms with van der Waals surface area (Å²) in [5.41, 5.74) is -2.37. The van der Waals surface area contributed by atoms with E-state index in [2.05, 4.69) is 0 Å². The number of phosphoric acid groups is 1. The van der Waals surface area contributed by atoms with Crippen LogP contribution in [0.2, 0.25) is 0 Å². The second-order valence-electron chi connectivity index (χ2n) is 5.46. The Kier molecular flexibility index (Phi) is 9.83. The lowest BCUT2D eigenvalue weighted by atomic mass is 9.71. The van der Waals surface area contributed by atoms with Crippen molar-refractivity contribution in [3.63, 3.8) is 0 Å². The Morgan fingerprint density at radius 1 is 1.05 bits per heavy atom. The Bertz CT molecular complexity index is 351. The molecule has 2 unspecified atom stereocenters. The summed E-state index contributed by atoms with van der Waals surface area (Å²) in [5, 5.41) is -1.22. The predicted octanol–water partition coefficient (Wildman–Crippen LogP) is 3.31. The number of hydrogen-bond acceptors (Lipinski definition) is 4. The summed E-state index contributed by atoms with van der Waals surface area (Å²) in [7, 11) is -5.29. The van der Waals surface area contributed by atoms with Crippen LogP contribution < -0.4 is 9.79 Å². The van der Waals surface area contributed by atoms with Crippen molar-refractivity contribution >= 4 is 65.8 Å². The number of alkyl halides is 5. The summed E-state index contributed by atoms with van der Waals surface area (Å²) < 4.78 is 16.1. The second-order valence-corrected chi connectivity index (χ2v) is 8.66. The molecule has 0 aliphatic heterocycles. The van der Waals surface area contributed by atoms with Crippen LogP contribution in [0.15, 0.2) is 0 Å². The first-order valence-corrected chi connectivity index (χ1v) is 10.1. The van der Waals surface area contributed by atoms with Crippen molar-refractivity contribution in [3.05, 3.63) is 0 Å². The quantitative estimate of drug-likeness (QED) is 0.400. The molecule has 0 heterocycles. The highest BCUT2D eigenvalue weighted by molar-refractivity contribution is 7.43. The van der Waals surface area contributed by atoms with Crippen LogP contribution in [-0.2, 0) is 9.09 Å². The molecule has 0 amide bonds. The maximum absolute atomic E-state index is 11.2. The number of hydrogen-bond donors (Lipinski definition) is 0. The minimum Gasteiger partial charge on any atom is -0.790 e. The van der Waals surface area contributed by atoms with Gasteiger partial charge in [-0.1, -0.05) is 13.8 Å². The fraction of sp³-hybridized carbons (Fsp3) is 1.00. The Labute approximate surface area is 150 Å². The van der Waals surface area contributed by atoms with Gasteiger partial charge in [-0.15, -0.1) is 58.0 Å². The molecule has 21 heavy (non-hydrogen) atoms. The van der Waals surface area contributed by atoms with Crippen LogP contribution in [0.1, 0.15) is 26.7 Å². The standard InChI is InChI=1S/C11H20Cl5O4P/c1-10(2,7-14)11(3-8(15)5-12,4-9(16)6-13)20-21(17,18)19/h8-9H,3-7H2,1-2H3,(H2,17,18,19)/p-2. The van der Waals surface area contributed by atoms with E-state index in [1.807, 2.05) is 0 Å². The van der Waals surface area contributed by atoms with E-state index in [0.29, 0.717) is 0 Å². The average molecular weight is 423 g/mol. The monoisotopic (exact) mass is 420 g/mol. The second kappa shape index (κ2) is 9.15. The molecular weight excluding hydrogens is 404 g/mol. The summed E-state index contributed by atoms with van der Waals surface area (Å²) in [6.45, 7) is 3.34. The van der Waals surface area contributed by atoms with E-state index >= 15 is 0 Å². The summed E-state index contributed by atoms with van der Waals surface area (Å²) in [6.07, 6.45) is 0.0126. The molecule has 0 saturated heterocycles. The van der Waals surface area contributed by atoms with Crippen molar-refractivity contribution in [3.8, 4) is 0 Å². The van der Waals surface area contributed by atoms with Crippen LogP contribution in [0.5, 0.6) is 0 Å². The highest BCUT2D eigenvalue weighted by Crippen LogP contribution is 2.50. The molecule has 0 rings (SSSR count). The third-order valence-electron chi connectivity index (χ3n) is 3.29. The molecule has 0 saturated carbocycles. The van der Waals surface area contributed by atoms with Gasteiger partial charge in [-0.05, 0) is 12.8 Å². The molecule has 0 aromatic carbocycles. The van der Waals surface area contributed by atoms with Crippen molar-refractivity contribution in [2.45, 2.75) is 43.0 Å². The lowest BCUT2D eigenvalue weighted by molar-refractivity contribution is -0.354. The van der Waals surface area contributed by atoms with E-state index in [0.717, 1.165) is 0 Å². The van der Waals surface area contributed by atoms with Gasteiger partial charge in [0, 0.05) is 33.8 Å².